The molecule has 2 saturated carbocycles. The molecule has 2 bridgehead atoms. The Balaban J connectivity index is 1.84. The third kappa shape index (κ3) is 4.09. The van der Waals surface area contributed by atoms with E-state index < -0.39 is 76.1 Å². The number of fused-ring (bicyclic) bond motifs is 5. The summed E-state index contributed by atoms with van der Waals surface area (Å²) >= 11 is 0. The Morgan fingerprint density at radius 2 is 1.67 bits per heavy atom. The van der Waals surface area contributed by atoms with Crippen LogP contribution < -0.4 is 0 Å². The highest BCUT2D eigenvalue weighted by atomic mass is 16.6. The Bertz CT molecular complexity index is 1350. The van der Waals surface area contributed by atoms with E-state index in [0.717, 1.165) is 5.57 Å². The number of carbonyl (C=O) groups is 4. The maximum Gasteiger partial charge on any atom is 0.338 e. The third-order valence-electron chi connectivity index (χ3n) is 10.6. The molecule has 0 amide bonds. The van der Waals surface area contributed by atoms with Crippen molar-refractivity contribution in [3.8, 4) is 0 Å². The van der Waals surface area contributed by atoms with Gasteiger partial charge < -0.3 is 29.2 Å². The van der Waals surface area contributed by atoms with Gasteiger partial charge in [-0.2, -0.15) is 0 Å². The zero-order valence-corrected chi connectivity index (χ0v) is 25.1. The number of esters is 3. The Morgan fingerprint density at radius 3 is 2.21 bits per heavy atom. The number of hydrogen-bond acceptors (Lipinski definition) is 10. The van der Waals surface area contributed by atoms with E-state index in [4.69, 9.17) is 18.9 Å². The largest absolute Gasteiger partial charge is 0.455 e. The minimum absolute atomic E-state index is 0.0611. The summed E-state index contributed by atoms with van der Waals surface area (Å²) < 4.78 is 23.8. The minimum Gasteiger partial charge on any atom is -0.455 e. The predicted octanol–water partition coefficient (Wildman–Crippen LogP) is 2.93. The van der Waals surface area contributed by atoms with Crippen LogP contribution in [-0.2, 0) is 33.3 Å². The molecule has 0 spiro atoms. The molecule has 1 aromatic carbocycles. The normalized spacial score (nSPS) is 40.4. The first-order chi connectivity index (χ1) is 19.5. The van der Waals surface area contributed by atoms with Gasteiger partial charge in [-0.15, -0.1) is 0 Å². The van der Waals surface area contributed by atoms with Crippen LogP contribution in [0.4, 0.5) is 0 Å². The number of rotatable bonds is 4. The second-order valence-electron chi connectivity index (χ2n) is 13.2. The molecular formula is C32H40O10. The smallest absolute Gasteiger partial charge is 0.338 e. The molecule has 9 atom stereocenters. The summed E-state index contributed by atoms with van der Waals surface area (Å²) in [5.74, 6) is -4.29. The Hall–Kier alpha value is -3.08. The first kappa shape index (κ1) is 30.4. The lowest BCUT2D eigenvalue weighted by molar-refractivity contribution is -0.345. The van der Waals surface area contributed by atoms with Gasteiger partial charge in [-0.05, 0) is 43.9 Å². The maximum atomic E-state index is 14.9. The van der Waals surface area contributed by atoms with Crippen molar-refractivity contribution in [2.24, 2.45) is 22.7 Å². The third-order valence-corrected chi connectivity index (χ3v) is 10.6. The molecule has 42 heavy (non-hydrogen) atoms. The Labute approximate surface area is 245 Å². The highest BCUT2D eigenvalue weighted by molar-refractivity contribution is 5.95. The number of allylic oxidation sites excluding steroid dienone is 1. The van der Waals surface area contributed by atoms with Crippen LogP contribution in [-0.4, -0.2) is 76.1 Å². The fourth-order valence-electron chi connectivity index (χ4n) is 8.16. The zero-order valence-electron chi connectivity index (χ0n) is 25.1. The van der Waals surface area contributed by atoms with Gasteiger partial charge in [-0.3, -0.25) is 14.4 Å². The molecule has 10 nitrogen and oxygen atoms in total. The van der Waals surface area contributed by atoms with Gasteiger partial charge in [0.25, 0.3) is 0 Å². The lowest BCUT2D eigenvalue weighted by Gasteiger charge is -2.67. The van der Waals surface area contributed by atoms with Crippen LogP contribution in [0, 0.1) is 22.7 Å². The summed E-state index contributed by atoms with van der Waals surface area (Å²) in [7, 11) is 0. The molecule has 5 rings (SSSR count). The van der Waals surface area contributed by atoms with E-state index in [2.05, 4.69) is 0 Å². The quantitative estimate of drug-likeness (QED) is 0.308. The molecule has 4 aliphatic rings. The van der Waals surface area contributed by atoms with Crippen LogP contribution in [0.15, 0.2) is 41.5 Å². The molecule has 0 aromatic heterocycles. The van der Waals surface area contributed by atoms with E-state index in [0.29, 0.717) is 5.57 Å². The van der Waals surface area contributed by atoms with E-state index in [9.17, 15) is 29.4 Å². The van der Waals surface area contributed by atoms with Crippen LogP contribution in [0.5, 0.6) is 0 Å². The van der Waals surface area contributed by atoms with Gasteiger partial charge >= 0.3 is 17.9 Å². The van der Waals surface area contributed by atoms with Crippen molar-refractivity contribution in [1.82, 2.24) is 0 Å². The first-order valence-electron chi connectivity index (χ1n) is 14.4. The number of carbonyl (C=O) groups excluding carboxylic acids is 4. The van der Waals surface area contributed by atoms with Crippen LogP contribution in [0.3, 0.4) is 0 Å². The molecular weight excluding hydrogens is 544 g/mol. The SMILES string of the molecule is CC(=O)O[C@H]1C(=O)[C@@]2(C)[C@H]([C@H](OC(=O)c3ccccc3)[C@]3(O)C[C@H](C)C(C)=C1C3(C)C)[C@]1(OC(C)=O)CO[C@@H]1C[C@@H]2O. The molecule has 1 heterocycles. The first-order valence-corrected chi connectivity index (χ1v) is 14.4. The summed E-state index contributed by atoms with van der Waals surface area (Å²) in [5, 5.41) is 24.7. The molecule has 1 saturated heterocycles. The molecule has 2 N–H and O–H groups in total. The highest BCUT2D eigenvalue weighted by Gasteiger charge is 2.78. The van der Waals surface area contributed by atoms with E-state index in [-0.39, 0.29) is 30.9 Å². The van der Waals surface area contributed by atoms with Crippen molar-refractivity contribution in [1.29, 1.82) is 0 Å². The predicted molar refractivity (Wildman–Crippen MR) is 148 cm³/mol. The summed E-state index contributed by atoms with van der Waals surface area (Å²) in [5.41, 5.74) is -5.05. The van der Waals surface area contributed by atoms with Crippen molar-refractivity contribution in [2.45, 2.75) is 96.9 Å². The van der Waals surface area contributed by atoms with Gasteiger partial charge in [0.1, 0.15) is 17.8 Å². The summed E-state index contributed by atoms with van der Waals surface area (Å²) in [6, 6.07) is 8.26. The van der Waals surface area contributed by atoms with Gasteiger partial charge in [0.2, 0.25) is 0 Å². The summed E-state index contributed by atoms with van der Waals surface area (Å²) in [6.45, 7) is 11.0. The number of Topliss-reactive ketones (excluding diaryl/α,β-unsaturated/α-hetero) is 1. The standard InChI is InChI=1S/C32H40O10/c1-16-14-32(38)27(41-28(37)20-11-9-8-10-12-20)25-30(7,21(35)13-22-31(25,15-39-22)42-19(4)34)26(36)24(40-18(3)33)23(17(16)2)29(32,5)6/h8-12,16,21-22,24-25,27,35,38H,13-15H2,1-7H3/t16-,21-,22+,24+,25-,27-,30+,31-,32+/m0/s1. The Morgan fingerprint density at radius 1 is 1.02 bits per heavy atom. The molecule has 3 fully saturated rings. The molecule has 10 heteroatoms. The average molecular weight is 585 g/mol. The number of ketones is 1. The van der Waals surface area contributed by atoms with E-state index in [1.165, 1.54) is 20.8 Å². The van der Waals surface area contributed by atoms with Crippen molar-refractivity contribution in [3.63, 3.8) is 0 Å². The highest BCUT2D eigenvalue weighted by Crippen LogP contribution is 2.64. The summed E-state index contributed by atoms with van der Waals surface area (Å²) in [4.78, 5) is 53.7. The lowest BCUT2D eigenvalue weighted by atomic mass is 9.44. The van der Waals surface area contributed by atoms with Gasteiger partial charge in [-0.25, -0.2) is 4.79 Å². The van der Waals surface area contributed by atoms with Crippen LogP contribution in [0.25, 0.3) is 0 Å². The Kier molecular flexibility index (Phi) is 7.23. The molecule has 1 aliphatic heterocycles. The van der Waals surface area contributed by atoms with Crippen molar-refractivity contribution in [2.75, 3.05) is 6.61 Å². The maximum absolute atomic E-state index is 14.9. The van der Waals surface area contributed by atoms with Crippen LogP contribution >= 0.6 is 0 Å². The van der Waals surface area contributed by atoms with Gasteiger partial charge in [0.15, 0.2) is 17.5 Å². The van der Waals surface area contributed by atoms with Crippen molar-refractivity contribution < 1.29 is 48.3 Å². The topological polar surface area (TPSA) is 146 Å². The molecule has 3 aliphatic carbocycles. The zero-order chi connectivity index (χ0) is 31.0. The average Bonchev–Trinajstić information content (AvgIpc) is 2.90. The number of ether oxygens (including phenoxy) is 4. The van der Waals surface area contributed by atoms with E-state index in [1.807, 2.05) is 13.8 Å². The fraction of sp³-hybridized carbons (Fsp3) is 0.625. The van der Waals surface area contributed by atoms with Gasteiger partial charge in [0.05, 0.1) is 29.6 Å². The molecule has 0 unspecified atom stereocenters. The number of hydrogen-bond donors (Lipinski definition) is 2. The van der Waals surface area contributed by atoms with E-state index in [1.54, 1.807) is 44.2 Å². The number of aliphatic hydroxyl groups is 2. The lowest BCUT2D eigenvalue weighted by Crippen LogP contribution is -2.81. The monoisotopic (exact) mass is 584 g/mol. The fourth-order valence-corrected chi connectivity index (χ4v) is 8.16. The molecule has 0 radical (unpaired) electrons. The number of benzene rings is 1. The second-order valence-corrected chi connectivity index (χ2v) is 13.2. The van der Waals surface area contributed by atoms with E-state index >= 15 is 0 Å². The van der Waals surface area contributed by atoms with Crippen LogP contribution in [0.1, 0.15) is 71.7 Å². The van der Waals surface area contributed by atoms with Crippen molar-refractivity contribution in [3.05, 3.63) is 47.0 Å². The minimum atomic E-state index is -1.86. The van der Waals surface area contributed by atoms with Crippen molar-refractivity contribution >= 4 is 23.7 Å². The molecule has 228 valence electrons. The van der Waals surface area contributed by atoms with Gasteiger partial charge in [0, 0.05) is 25.7 Å². The summed E-state index contributed by atoms with van der Waals surface area (Å²) in [6.07, 6.45) is -5.02. The van der Waals surface area contributed by atoms with Crippen LogP contribution in [0.2, 0.25) is 0 Å². The second kappa shape index (κ2) is 9.99. The van der Waals surface area contributed by atoms with Gasteiger partial charge in [-0.1, -0.05) is 44.5 Å². The number of aliphatic hydroxyl groups excluding tert-OH is 1. The molecule has 1 aromatic rings.